The van der Waals surface area contributed by atoms with E-state index in [0.717, 1.165) is 24.8 Å². The Hall–Kier alpha value is -0.750. The Kier molecular flexibility index (Phi) is 4.67. The quantitative estimate of drug-likeness (QED) is 0.791. The van der Waals surface area contributed by atoms with E-state index in [0.29, 0.717) is 31.4 Å². The van der Waals surface area contributed by atoms with Crippen molar-refractivity contribution in [3.63, 3.8) is 0 Å². The molecule has 1 amide bonds. The largest absolute Gasteiger partial charge is 0.378 e. The summed E-state index contributed by atoms with van der Waals surface area (Å²) in [5.74, 6) is 0.206. The summed E-state index contributed by atoms with van der Waals surface area (Å²) in [5.41, 5.74) is 0. The van der Waals surface area contributed by atoms with Crippen LogP contribution in [0, 0.1) is 0 Å². The van der Waals surface area contributed by atoms with Crippen LogP contribution in [0.2, 0.25) is 0 Å². The summed E-state index contributed by atoms with van der Waals surface area (Å²) in [4.78, 5) is 18.0. The van der Waals surface area contributed by atoms with Gasteiger partial charge in [0.2, 0.25) is 5.91 Å². The second-order valence-corrected chi connectivity index (χ2v) is 5.67. The normalized spacial score (nSPS) is 24.6. The molecule has 0 aliphatic carbocycles. The highest BCUT2D eigenvalue weighted by Gasteiger charge is 2.17. The van der Waals surface area contributed by atoms with E-state index < -0.39 is 0 Å². The van der Waals surface area contributed by atoms with Gasteiger partial charge in [0.1, 0.15) is 0 Å². The number of rotatable bonds is 3. The lowest BCUT2D eigenvalue weighted by atomic mass is 10.3. The van der Waals surface area contributed by atoms with E-state index in [1.807, 2.05) is 4.90 Å². The highest BCUT2D eigenvalue weighted by Crippen LogP contribution is 2.18. The summed E-state index contributed by atoms with van der Waals surface area (Å²) in [7, 11) is 0. The molecule has 1 unspecified atom stereocenters. The van der Waals surface area contributed by atoms with E-state index in [9.17, 15) is 4.79 Å². The summed E-state index contributed by atoms with van der Waals surface area (Å²) < 4.78 is 5.22. The van der Waals surface area contributed by atoms with Gasteiger partial charge in [0.15, 0.2) is 5.17 Å². The second-order valence-electron chi connectivity index (χ2n) is 4.24. The molecule has 1 saturated heterocycles. The highest BCUT2D eigenvalue weighted by atomic mass is 32.2. The molecule has 1 N–H and O–H groups in total. The third-order valence-corrected chi connectivity index (χ3v) is 3.83. The molecular weight excluding hydrogens is 238 g/mol. The molecule has 1 atom stereocenters. The zero-order chi connectivity index (χ0) is 12.1. The lowest BCUT2D eigenvalue weighted by molar-refractivity contribution is -0.135. The summed E-state index contributed by atoms with van der Waals surface area (Å²) in [5, 5.41) is 4.76. The van der Waals surface area contributed by atoms with E-state index in [1.54, 1.807) is 11.8 Å². The van der Waals surface area contributed by atoms with Gasteiger partial charge in [-0.05, 0) is 0 Å². The molecular formula is C11H19N3O2S. The molecule has 1 fully saturated rings. The van der Waals surface area contributed by atoms with Gasteiger partial charge in [-0.1, -0.05) is 18.7 Å². The third-order valence-electron chi connectivity index (χ3n) is 2.78. The smallest absolute Gasteiger partial charge is 0.224 e. The van der Waals surface area contributed by atoms with Crippen LogP contribution in [0.5, 0.6) is 0 Å². The minimum atomic E-state index is 0.206. The van der Waals surface area contributed by atoms with E-state index in [-0.39, 0.29) is 5.91 Å². The van der Waals surface area contributed by atoms with E-state index >= 15 is 0 Å². The SMILES string of the molecule is CC1CN=C(NCCC(=O)N2CCOCC2)S1. The van der Waals surface area contributed by atoms with E-state index in [1.165, 1.54) is 0 Å². The van der Waals surface area contributed by atoms with Crippen molar-refractivity contribution in [1.82, 2.24) is 10.2 Å². The summed E-state index contributed by atoms with van der Waals surface area (Å²) in [6, 6.07) is 0. The maximum absolute atomic E-state index is 11.8. The fourth-order valence-corrected chi connectivity index (χ4v) is 2.69. The number of hydrogen-bond acceptors (Lipinski definition) is 5. The molecule has 0 radical (unpaired) electrons. The Morgan fingerprint density at radius 2 is 2.35 bits per heavy atom. The van der Waals surface area contributed by atoms with Gasteiger partial charge in [0, 0.05) is 31.3 Å². The van der Waals surface area contributed by atoms with Gasteiger partial charge in [-0.25, -0.2) is 0 Å². The molecule has 2 rings (SSSR count). The maximum atomic E-state index is 11.8. The molecule has 2 aliphatic heterocycles. The van der Waals surface area contributed by atoms with Gasteiger partial charge < -0.3 is 15.0 Å². The zero-order valence-corrected chi connectivity index (χ0v) is 11.0. The first-order valence-electron chi connectivity index (χ1n) is 6.06. The van der Waals surface area contributed by atoms with Crippen LogP contribution in [0.4, 0.5) is 0 Å². The van der Waals surface area contributed by atoms with Gasteiger partial charge in [-0.3, -0.25) is 9.79 Å². The van der Waals surface area contributed by atoms with Crippen molar-refractivity contribution < 1.29 is 9.53 Å². The summed E-state index contributed by atoms with van der Waals surface area (Å²) >= 11 is 1.75. The first-order valence-corrected chi connectivity index (χ1v) is 6.94. The minimum Gasteiger partial charge on any atom is -0.378 e. The van der Waals surface area contributed by atoms with Gasteiger partial charge in [0.05, 0.1) is 19.8 Å². The minimum absolute atomic E-state index is 0.206. The number of amides is 1. The topological polar surface area (TPSA) is 53.9 Å². The lowest BCUT2D eigenvalue weighted by Crippen LogP contribution is -2.41. The first kappa shape index (κ1) is 12.7. The molecule has 0 aromatic carbocycles. The van der Waals surface area contributed by atoms with E-state index in [2.05, 4.69) is 17.2 Å². The third kappa shape index (κ3) is 3.89. The number of nitrogens with one attached hydrogen (secondary N) is 1. The van der Waals surface area contributed by atoms with Gasteiger partial charge in [-0.15, -0.1) is 0 Å². The number of carbonyl (C=O) groups excluding carboxylic acids is 1. The molecule has 96 valence electrons. The van der Waals surface area contributed by atoms with Crippen LogP contribution < -0.4 is 5.32 Å². The Bertz CT molecular complexity index is 303. The van der Waals surface area contributed by atoms with Gasteiger partial charge in [0.25, 0.3) is 0 Å². The second kappa shape index (κ2) is 6.26. The number of amidine groups is 1. The number of aliphatic imine (C=N–C) groups is 1. The first-order chi connectivity index (χ1) is 8.25. The predicted octanol–water partition coefficient (Wildman–Crippen LogP) is 0.316. The Labute approximate surface area is 106 Å². The van der Waals surface area contributed by atoms with Crippen molar-refractivity contribution in [2.45, 2.75) is 18.6 Å². The highest BCUT2D eigenvalue weighted by molar-refractivity contribution is 8.14. The maximum Gasteiger partial charge on any atom is 0.224 e. The number of hydrogen-bond donors (Lipinski definition) is 1. The molecule has 0 aromatic heterocycles. The van der Waals surface area contributed by atoms with Crippen LogP contribution in [0.1, 0.15) is 13.3 Å². The number of morpholine rings is 1. The summed E-state index contributed by atoms with van der Waals surface area (Å²) in [6.45, 7) is 6.50. The van der Waals surface area contributed by atoms with Crippen LogP contribution in [-0.4, -0.2) is 60.6 Å². The average Bonchev–Trinajstić information content (AvgIpc) is 2.76. The monoisotopic (exact) mass is 257 g/mol. The molecule has 0 aromatic rings. The molecule has 5 nitrogen and oxygen atoms in total. The molecule has 2 heterocycles. The molecule has 2 aliphatic rings. The van der Waals surface area contributed by atoms with Crippen LogP contribution >= 0.6 is 11.8 Å². The molecule has 0 spiro atoms. The van der Waals surface area contributed by atoms with Crippen molar-refractivity contribution >= 4 is 22.8 Å². The van der Waals surface area contributed by atoms with Crippen LogP contribution in [-0.2, 0) is 9.53 Å². The fourth-order valence-electron chi connectivity index (χ4n) is 1.82. The van der Waals surface area contributed by atoms with Crippen LogP contribution in [0.25, 0.3) is 0 Å². The Balaban J connectivity index is 1.62. The van der Waals surface area contributed by atoms with Crippen molar-refractivity contribution in [1.29, 1.82) is 0 Å². The molecule has 6 heteroatoms. The standard InChI is InChI=1S/C11H19N3O2S/c1-9-8-13-11(17-9)12-3-2-10(15)14-4-6-16-7-5-14/h9H,2-8H2,1H3,(H,12,13). The average molecular weight is 257 g/mol. The summed E-state index contributed by atoms with van der Waals surface area (Å²) in [6.07, 6.45) is 0.536. The van der Waals surface area contributed by atoms with E-state index in [4.69, 9.17) is 4.74 Å². The van der Waals surface area contributed by atoms with Crippen molar-refractivity contribution in [3.05, 3.63) is 0 Å². The Morgan fingerprint density at radius 3 is 3.00 bits per heavy atom. The van der Waals surface area contributed by atoms with Crippen molar-refractivity contribution in [2.24, 2.45) is 4.99 Å². The zero-order valence-electron chi connectivity index (χ0n) is 10.1. The number of thioether (sulfide) groups is 1. The Morgan fingerprint density at radius 1 is 1.59 bits per heavy atom. The van der Waals surface area contributed by atoms with Crippen molar-refractivity contribution in [3.8, 4) is 0 Å². The molecule has 17 heavy (non-hydrogen) atoms. The number of nitrogens with zero attached hydrogens (tertiary/aromatic N) is 2. The number of carbonyl (C=O) groups is 1. The predicted molar refractivity (Wildman–Crippen MR) is 69.4 cm³/mol. The van der Waals surface area contributed by atoms with Gasteiger partial charge >= 0.3 is 0 Å². The van der Waals surface area contributed by atoms with Crippen LogP contribution in [0.3, 0.4) is 0 Å². The van der Waals surface area contributed by atoms with Crippen molar-refractivity contribution in [2.75, 3.05) is 39.4 Å². The number of ether oxygens (including phenoxy) is 1. The molecule has 0 bridgehead atoms. The van der Waals surface area contributed by atoms with Gasteiger partial charge in [-0.2, -0.15) is 0 Å². The lowest BCUT2D eigenvalue weighted by Gasteiger charge is -2.26. The fraction of sp³-hybridized carbons (Fsp3) is 0.818. The van der Waals surface area contributed by atoms with Crippen LogP contribution in [0.15, 0.2) is 4.99 Å². The molecule has 0 saturated carbocycles.